The third-order valence-electron chi connectivity index (χ3n) is 4.41. The fraction of sp³-hybridized carbons (Fsp3) is 0.0476. The number of nitrogens with zero attached hydrogens (tertiary/aromatic N) is 6. The summed E-state index contributed by atoms with van der Waals surface area (Å²) in [5.74, 6) is 0. The van der Waals surface area contributed by atoms with E-state index in [0.717, 1.165) is 16.7 Å². The Morgan fingerprint density at radius 1 is 0.778 bits per heavy atom. The number of aliphatic imine (C=N–C) groups is 1. The van der Waals surface area contributed by atoms with Crippen LogP contribution in [0, 0.1) is 41.0 Å². The van der Waals surface area contributed by atoms with Crippen molar-refractivity contribution in [2.45, 2.75) is 6.92 Å². The molecule has 0 amide bonds. The SMILES string of the molecule is Cc1ccc(-c2ccc3c(c2)-c2nc(C#N)c(C#N)nc2C3=NC#N)cc1. The Hall–Kier alpha value is -4.34. The lowest BCUT2D eigenvalue weighted by atomic mass is 9.99. The number of aromatic nitrogens is 2. The summed E-state index contributed by atoms with van der Waals surface area (Å²) in [5, 5.41) is 27.6. The summed E-state index contributed by atoms with van der Waals surface area (Å²) >= 11 is 0. The lowest BCUT2D eigenvalue weighted by molar-refractivity contribution is 1.13. The molecule has 0 N–H and O–H groups in total. The van der Waals surface area contributed by atoms with Gasteiger partial charge < -0.3 is 0 Å². The van der Waals surface area contributed by atoms with Crippen LogP contribution in [0.5, 0.6) is 0 Å². The fourth-order valence-corrected chi connectivity index (χ4v) is 3.11. The van der Waals surface area contributed by atoms with Crippen LogP contribution in [-0.4, -0.2) is 15.7 Å². The first-order valence-corrected chi connectivity index (χ1v) is 8.07. The molecule has 2 aromatic carbocycles. The van der Waals surface area contributed by atoms with Crippen molar-refractivity contribution in [2.75, 3.05) is 0 Å². The van der Waals surface area contributed by atoms with E-state index in [1.165, 1.54) is 5.56 Å². The van der Waals surface area contributed by atoms with Crippen LogP contribution in [0.1, 0.15) is 28.2 Å². The predicted molar refractivity (Wildman–Crippen MR) is 98.3 cm³/mol. The topological polar surface area (TPSA) is 110 Å². The smallest absolute Gasteiger partial charge is 0.206 e. The Kier molecular flexibility index (Phi) is 3.70. The average Bonchev–Trinajstić information content (AvgIpc) is 3.00. The highest BCUT2D eigenvalue weighted by Gasteiger charge is 2.30. The van der Waals surface area contributed by atoms with Crippen molar-refractivity contribution in [1.29, 1.82) is 15.8 Å². The molecule has 1 aliphatic carbocycles. The molecule has 0 aliphatic heterocycles. The maximum atomic E-state index is 9.27. The largest absolute Gasteiger partial charge is 0.232 e. The van der Waals surface area contributed by atoms with Gasteiger partial charge in [-0.1, -0.05) is 42.0 Å². The van der Waals surface area contributed by atoms with Crippen LogP contribution in [0.2, 0.25) is 0 Å². The molecule has 0 radical (unpaired) electrons. The molecule has 6 nitrogen and oxygen atoms in total. The van der Waals surface area contributed by atoms with E-state index in [2.05, 4.69) is 15.0 Å². The Balaban J connectivity index is 1.98. The molecule has 1 aromatic heterocycles. The van der Waals surface area contributed by atoms with Crippen molar-refractivity contribution in [3.05, 3.63) is 70.7 Å². The van der Waals surface area contributed by atoms with Crippen LogP contribution >= 0.6 is 0 Å². The molecule has 3 aromatic rings. The molecule has 0 saturated heterocycles. The van der Waals surface area contributed by atoms with Gasteiger partial charge in [0.25, 0.3) is 0 Å². The molecule has 0 fully saturated rings. The van der Waals surface area contributed by atoms with Gasteiger partial charge in [-0.05, 0) is 24.1 Å². The summed E-state index contributed by atoms with van der Waals surface area (Å²) in [6, 6.07) is 17.7. The van der Waals surface area contributed by atoms with Gasteiger partial charge in [-0.3, -0.25) is 0 Å². The summed E-state index contributed by atoms with van der Waals surface area (Å²) in [6.45, 7) is 2.03. The number of rotatable bonds is 1. The van der Waals surface area contributed by atoms with E-state index in [4.69, 9.17) is 5.26 Å². The van der Waals surface area contributed by atoms with Crippen molar-refractivity contribution < 1.29 is 0 Å². The quantitative estimate of drug-likeness (QED) is 0.490. The zero-order valence-electron chi connectivity index (χ0n) is 14.2. The monoisotopic (exact) mass is 346 g/mol. The lowest BCUT2D eigenvalue weighted by Gasteiger charge is -2.06. The number of nitriles is 3. The second-order valence-corrected chi connectivity index (χ2v) is 6.03. The van der Waals surface area contributed by atoms with Crippen molar-refractivity contribution >= 4 is 5.71 Å². The highest BCUT2D eigenvalue weighted by Crippen LogP contribution is 2.38. The van der Waals surface area contributed by atoms with E-state index in [1.807, 2.05) is 61.5 Å². The molecule has 0 saturated carbocycles. The number of fused-ring (bicyclic) bond motifs is 3. The van der Waals surface area contributed by atoms with Crippen LogP contribution in [0.3, 0.4) is 0 Å². The van der Waals surface area contributed by atoms with E-state index in [1.54, 1.807) is 6.19 Å². The normalized spacial score (nSPS) is 12.6. The molecule has 0 unspecified atom stereocenters. The Labute approximate surface area is 155 Å². The van der Waals surface area contributed by atoms with E-state index >= 15 is 0 Å². The van der Waals surface area contributed by atoms with Crippen LogP contribution in [0.25, 0.3) is 22.4 Å². The van der Waals surface area contributed by atoms with Crippen LogP contribution < -0.4 is 0 Å². The van der Waals surface area contributed by atoms with Gasteiger partial charge in [0.15, 0.2) is 11.4 Å². The van der Waals surface area contributed by atoms with Crippen molar-refractivity contribution in [1.82, 2.24) is 9.97 Å². The first-order chi connectivity index (χ1) is 13.2. The summed E-state index contributed by atoms with van der Waals surface area (Å²) in [7, 11) is 0. The highest BCUT2D eigenvalue weighted by molar-refractivity contribution is 6.23. The van der Waals surface area contributed by atoms with Gasteiger partial charge in [-0.2, -0.15) is 20.8 Å². The molecule has 0 bridgehead atoms. The Morgan fingerprint density at radius 2 is 1.41 bits per heavy atom. The van der Waals surface area contributed by atoms with E-state index in [-0.39, 0.29) is 11.4 Å². The Bertz CT molecular complexity index is 1250. The first-order valence-electron chi connectivity index (χ1n) is 8.07. The van der Waals surface area contributed by atoms with E-state index in [9.17, 15) is 10.5 Å². The minimum absolute atomic E-state index is 0.0406. The van der Waals surface area contributed by atoms with Gasteiger partial charge in [0.05, 0.1) is 0 Å². The molecule has 1 heterocycles. The van der Waals surface area contributed by atoms with Gasteiger partial charge in [-0.25, -0.2) is 9.97 Å². The second kappa shape index (κ2) is 6.19. The highest BCUT2D eigenvalue weighted by atomic mass is 14.9. The fourth-order valence-electron chi connectivity index (χ4n) is 3.11. The summed E-state index contributed by atoms with van der Waals surface area (Å²) in [4.78, 5) is 12.5. The zero-order chi connectivity index (χ0) is 19.0. The third-order valence-corrected chi connectivity index (χ3v) is 4.41. The van der Waals surface area contributed by atoms with Crippen molar-refractivity contribution in [3.63, 3.8) is 0 Å². The van der Waals surface area contributed by atoms with Gasteiger partial charge in [0.1, 0.15) is 29.2 Å². The van der Waals surface area contributed by atoms with E-state index in [0.29, 0.717) is 22.7 Å². The molecule has 0 atom stereocenters. The first kappa shape index (κ1) is 16.1. The molecule has 0 spiro atoms. The predicted octanol–water partition coefficient (Wildman–Crippen LogP) is 3.49. The third kappa shape index (κ3) is 2.52. The number of hydrogen-bond acceptors (Lipinski definition) is 6. The maximum Gasteiger partial charge on any atom is 0.206 e. The Morgan fingerprint density at radius 3 is 2.04 bits per heavy atom. The number of benzene rings is 2. The van der Waals surface area contributed by atoms with Crippen molar-refractivity contribution in [3.8, 4) is 40.7 Å². The van der Waals surface area contributed by atoms with E-state index < -0.39 is 0 Å². The molecule has 4 rings (SSSR count). The number of aryl methyl sites for hydroxylation is 1. The van der Waals surface area contributed by atoms with Crippen LogP contribution in [0.4, 0.5) is 0 Å². The van der Waals surface area contributed by atoms with Gasteiger partial charge >= 0.3 is 0 Å². The number of hydrogen-bond donors (Lipinski definition) is 0. The minimum atomic E-state index is -0.0755. The van der Waals surface area contributed by atoms with Crippen molar-refractivity contribution in [2.24, 2.45) is 4.99 Å². The standard InChI is InChI=1S/C21H10N6/c1-12-2-4-13(5-3-12)14-6-7-15-16(8-14)20-21(19(15)25-11-24)27-18(10-23)17(9-22)26-20/h2-8H,1H3. The van der Waals surface area contributed by atoms with Crippen LogP contribution in [-0.2, 0) is 0 Å². The zero-order valence-corrected chi connectivity index (χ0v) is 14.2. The molecule has 1 aliphatic rings. The maximum absolute atomic E-state index is 9.27. The second-order valence-electron chi connectivity index (χ2n) is 6.03. The lowest BCUT2D eigenvalue weighted by Crippen LogP contribution is -2.05. The molecule has 27 heavy (non-hydrogen) atoms. The van der Waals surface area contributed by atoms with Gasteiger partial charge in [0, 0.05) is 11.1 Å². The molecule has 124 valence electrons. The summed E-state index contributed by atoms with van der Waals surface area (Å²) in [6.07, 6.45) is 1.78. The summed E-state index contributed by atoms with van der Waals surface area (Å²) in [5.41, 5.74) is 5.70. The van der Waals surface area contributed by atoms with Crippen LogP contribution in [0.15, 0.2) is 47.5 Å². The van der Waals surface area contributed by atoms with Gasteiger partial charge in [0.2, 0.25) is 6.19 Å². The average molecular weight is 346 g/mol. The summed E-state index contributed by atoms with van der Waals surface area (Å²) < 4.78 is 0. The molecular weight excluding hydrogens is 336 g/mol. The molecule has 6 heteroatoms. The minimum Gasteiger partial charge on any atom is -0.232 e. The van der Waals surface area contributed by atoms with Gasteiger partial charge in [-0.15, -0.1) is 0 Å². The molecular formula is C21H10N6.